The van der Waals surface area contributed by atoms with Gasteiger partial charge in [-0.1, -0.05) is 43.8 Å². The molecule has 0 unspecified atom stereocenters. The first-order chi connectivity index (χ1) is 7.29. The smallest absolute Gasteiger partial charge is 0.227 e. The van der Waals surface area contributed by atoms with E-state index >= 15 is 0 Å². The lowest BCUT2D eigenvalue weighted by Crippen LogP contribution is -2.18. The Labute approximate surface area is 96.3 Å². The molecule has 0 aromatic heterocycles. The van der Waals surface area contributed by atoms with E-state index < -0.39 is 0 Å². The van der Waals surface area contributed by atoms with E-state index in [1.165, 1.54) is 0 Å². The van der Waals surface area contributed by atoms with Gasteiger partial charge in [-0.15, -0.1) is 0 Å². The molecule has 0 atom stereocenters. The molecule has 1 fully saturated rings. The maximum Gasteiger partial charge on any atom is 0.227 e. The third kappa shape index (κ3) is 8.90. The SMILES string of the molecule is C.CO.O=C1CCC(=O)N1.c1ccccc1. The van der Waals surface area contributed by atoms with E-state index in [2.05, 4.69) is 5.32 Å². The van der Waals surface area contributed by atoms with Crippen molar-refractivity contribution in [3.8, 4) is 0 Å². The topological polar surface area (TPSA) is 66.4 Å². The van der Waals surface area contributed by atoms with E-state index in [0.29, 0.717) is 12.8 Å². The number of carbonyl (C=O) groups is 2. The Morgan fingerprint density at radius 2 is 1.12 bits per heavy atom. The highest BCUT2D eigenvalue weighted by atomic mass is 16.2. The molecule has 1 aliphatic rings. The highest BCUT2D eigenvalue weighted by molar-refractivity contribution is 6.01. The fourth-order valence-electron chi connectivity index (χ4n) is 0.892. The maximum atomic E-state index is 10.1. The van der Waals surface area contributed by atoms with E-state index in [-0.39, 0.29) is 19.2 Å². The molecule has 4 heteroatoms. The first-order valence-corrected chi connectivity index (χ1v) is 4.56. The number of benzene rings is 1. The van der Waals surface area contributed by atoms with Crippen molar-refractivity contribution in [2.45, 2.75) is 20.3 Å². The number of imide groups is 1. The van der Waals surface area contributed by atoms with Gasteiger partial charge in [0.15, 0.2) is 0 Å². The molecular formula is C12H19NO3. The van der Waals surface area contributed by atoms with Gasteiger partial charge in [-0.3, -0.25) is 14.9 Å². The van der Waals surface area contributed by atoms with E-state index in [4.69, 9.17) is 5.11 Å². The molecule has 1 aromatic rings. The minimum absolute atomic E-state index is 0. The van der Waals surface area contributed by atoms with Crippen LogP contribution in [-0.4, -0.2) is 24.0 Å². The summed E-state index contributed by atoms with van der Waals surface area (Å²) in [6, 6.07) is 12.0. The van der Waals surface area contributed by atoms with Gasteiger partial charge >= 0.3 is 0 Å². The van der Waals surface area contributed by atoms with Crippen molar-refractivity contribution < 1.29 is 14.7 Å². The number of aliphatic hydroxyl groups excluding tert-OH is 1. The normalized spacial score (nSPS) is 12.1. The van der Waals surface area contributed by atoms with Crippen LogP contribution in [0.1, 0.15) is 20.3 Å². The number of nitrogens with one attached hydrogen (secondary N) is 1. The van der Waals surface area contributed by atoms with Crippen molar-refractivity contribution in [3.05, 3.63) is 36.4 Å². The first-order valence-electron chi connectivity index (χ1n) is 4.56. The summed E-state index contributed by atoms with van der Waals surface area (Å²) in [5, 5.41) is 9.14. The number of carbonyl (C=O) groups excluding carboxylic acids is 2. The van der Waals surface area contributed by atoms with Crippen LogP contribution in [0.15, 0.2) is 36.4 Å². The molecule has 1 saturated heterocycles. The molecule has 1 heterocycles. The zero-order valence-electron chi connectivity index (χ0n) is 8.64. The Balaban J connectivity index is 0. The summed E-state index contributed by atoms with van der Waals surface area (Å²) in [7, 11) is 1.00. The van der Waals surface area contributed by atoms with Gasteiger partial charge in [0.25, 0.3) is 0 Å². The minimum Gasteiger partial charge on any atom is -0.400 e. The average molecular weight is 225 g/mol. The largest absolute Gasteiger partial charge is 0.400 e. The van der Waals surface area contributed by atoms with Crippen molar-refractivity contribution >= 4 is 11.8 Å². The van der Waals surface area contributed by atoms with Crippen LogP contribution in [0, 0.1) is 0 Å². The minimum atomic E-state index is -0.148. The predicted molar refractivity (Wildman–Crippen MR) is 63.7 cm³/mol. The molecule has 90 valence electrons. The number of rotatable bonds is 0. The van der Waals surface area contributed by atoms with Crippen molar-refractivity contribution in [2.24, 2.45) is 0 Å². The molecule has 0 radical (unpaired) electrons. The molecule has 0 bridgehead atoms. The molecule has 2 amide bonds. The standard InChI is InChI=1S/C6H6.C4H5NO2.CH4O.CH4/c1-2-4-6-5-3-1;6-3-1-2-4(7)5-3;1-2;/h1-6H;1-2H2,(H,5,6,7);2H,1H3;1H4. The third-order valence-corrected chi connectivity index (χ3v) is 1.52. The summed E-state index contributed by atoms with van der Waals surface area (Å²) in [5.74, 6) is -0.296. The summed E-state index contributed by atoms with van der Waals surface area (Å²) < 4.78 is 0. The van der Waals surface area contributed by atoms with Gasteiger partial charge in [-0.2, -0.15) is 0 Å². The molecule has 1 aromatic carbocycles. The summed E-state index contributed by atoms with van der Waals surface area (Å²) >= 11 is 0. The van der Waals surface area contributed by atoms with Gasteiger partial charge in [0.2, 0.25) is 11.8 Å². The van der Waals surface area contributed by atoms with Gasteiger partial charge in [0.05, 0.1) is 0 Å². The van der Waals surface area contributed by atoms with E-state index in [1.807, 2.05) is 36.4 Å². The molecule has 0 saturated carbocycles. The number of hydrogen-bond acceptors (Lipinski definition) is 3. The number of aliphatic hydroxyl groups is 1. The zero-order valence-corrected chi connectivity index (χ0v) is 8.64. The predicted octanol–water partition coefficient (Wildman–Crippen LogP) is 1.35. The van der Waals surface area contributed by atoms with E-state index in [9.17, 15) is 9.59 Å². The van der Waals surface area contributed by atoms with Crippen molar-refractivity contribution in [3.63, 3.8) is 0 Å². The van der Waals surface area contributed by atoms with Crippen LogP contribution >= 0.6 is 0 Å². The van der Waals surface area contributed by atoms with Crippen LogP contribution in [-0.2, 0) is 9.59 Å². The summed E-state index contributed by atoms with van der Waals surface area (Å²) in [6.07, 6.45) is 0.748. The number of amides is 2. The molecule has 0 spiro atoms. The lowest BCUT2D eigenvalue weighted by Gasteiger charge is -1.79. The quantitative estimate of drug-likeness (QED) is 0.655. The molecule has 2 N–H and O–H groups in total. The van der Waals surface area contributed by atoms with Crippen LogP contribution in [0.3, 0.4) is 0 Å². The van der Waals surface area contributed by atoms with Gasteiger partial charge < -0.3 is 5.11 Å². The molecular weight excluding hydrogens is 206 g/mol. The highest BCUT2D eigenvalue weighted by Crippen LogP contribution is 1.95. The molecule has 4 nitrogen and oxygen atoms in total. The fourth-order valence-corrected chi connectivity index (χ4v) is 0.892. The van der Waals surface area contributed by atoms with E-state index in [1.54, 1.807) is 0 Å². The summed E-state index contributed by atoms with van der Waals surface area (Å²) in [4.78, 5) is 20.2. The van der Waals surface area contributed by atoms with Crippen molar-refractivity contribution in [1.82, 2.24) is 5.32 Å². The third-order valence-electron chi connectivity index (χ3n) is 1.52. The van der Waals surface area contributed by atoms with E-state index in [0.717, 1.165) is 7.11 Å². The van der Waals surface area contributed by atoms with Crippen LogP contribution in [0.2, 0.25) is 0 Å². The van der Waals surface area contributed by atoms with Gasteiger partial charge in [-0.25, -0.2) is 0 Å². The first kappa shape index (κ1) is 16.7. The van der Waals surface area contributed by atoms with Gasteiger partial charge in [-0.05, 0) is 0 Å². The lowest BCUT2D eigenvalue weighted by atomic mass is 10.4. The van der Waals surface area contributed by atoms with Gasteiger partial charge in [0, 0.05) is 20.0 Å². The zero-order chi connectivity index (χ0) is 11.5. The maximum absolute atomic E-state index is 10.1. The lowest BCUT2D eigenvalue weighted by molar-refractivity contribution is -0.124. The highest BCUT2D eigenvalue weighted by Gasteiger charge is 2.15. The van der Waals surface area contributed by atoms with Crippen LogP contribution in [0.5, 0.6) is 0 Å². The Hall–Kier alpha value is -1.68. The Kier molecular flexibility index (Phi) is 11.9. The van der Waals surface area contributed by atoms with Crippen LogP contribution in [0.4, 0.5) is 0 Å². The molecule has 0 aliphatic carbocycles. The summed E-state index contributed by atoms with van der Waals surface area (Å²) in [6.45, 7) is 0. The van der Waals surface area contributed by atoms with Crippen molar-refractivity contribution in [1.29, 1.82) is 0 Å². The van der Waals surface area contributed by atoms with Crippen molar-refractivity contribution in [2.75, 3.05) is 7.11 Å². The molecule has 2 rings (SSSR count). The second kappa shape index (κ2) is 11.4. The Bertz CT molecular complexity index is 245. The average Bonchev–Trinajstić information content (AvgIpc) is 2.69. The Morgan fingerprint density at radius 3 is 1.25 bits per heavy atom. The molecule has 1 aliphatic heterocycles. The second-order valence-corrected chi connectivity index (χ2v) is 2.63. The van der Waals surface area contributed by atoms with Crippen LogP contribution < -0.4 is 5.32 Å². The van der Waals surface area contributed by atoms with Crippen LogP contribution in [0.25, 0.3) is 0 Å². The molecule has 16 heavy (non-hydrogen) atoms. The number of hydrogen-bond donors (Lipinski definition) is 2. The van der Waals surface area contributed by atoms with Gasteiger partial charge in [0.1, 0.15) is 0 Å². The second-order valence-electron chi connectivity index (χ2n) is 2.63. The Morgan fingerprint density at radius 1 is 0.875 bits per heavy atom. The summed E-state index contributed by atoms with van der Waals surface area (Å²) in [5.41, 5.74) is 0. The fraction of sp³-hybridized carbons (Fsp3) is 0.333. The monoisotopic (exact) mass is 225 g/mol.